The van der Waals surface area contributed by atoms with Crippen LogP contribution in [0, 0.1) is 0 Å². The van der Waals surface area contributed by atoms with Crippen molar-refractivity contribution < 1.29 is 4.74 Å². The van der Waals surface area contributed by atoms with Crippen LogP contribution in [0.2, 0.25) is 0 Å². The highest BCUT2D eigenvalue weighted by atomic mass is 16.5. The number of aliphatic imine (C=N–C) groups is 2. The lowest BCUT2D eigenvalue weighted by Gasteiger charge is -2.35. The minimum atomic E-state index is -0.577. The Morgan fingerprint density at radius 2 is 1.91 bits per heavy atom. The van der Waals surface area contributed by atoms with Crippen LogP contribution in [0.25, 0.3) is 0 Å². The van der Waals surface area contributed by atoms with E-state index in [-0.39, 0.29) is 0 Å². The maximum absolute atomic E-state index is 6.17. The van der Waals surface area contributed by atoms with Crippen LogP contribution in [0.1, 0.15) is 0 Å². The highest BCUT2D eigenvalue weighted by Crippen LogP contribution is 2.44. The summed E-state index contributed by atoms with van der Waals surface area (Å²) in [6.45, 7) is 1.08. The Morgan fingerprint density at radius 1 is 1.09 bits per heavy atom. The summed E-state index contributed by atoms with van der Waals surface area (Å²) in [6.07, 6.45) is 10.7. The van der Waals surface area contributed by atoms with E-state index >= 15 is 0 Å². The van der Waals surface area contributed by atoms with E-state index in [0.717, 1.165) is 17.1 Å². The number of ether oxygens (including phenoxy) is 1. The zero-order valence-electron chi connectivity index (χ0n) is 11.9. The topological polar surface area (TPSA) is 69.7 Å². The van der Waals surface area contributed by atoms with E-state index in [2.05, 4.69) is 14.9 Å². The highest BCUT2D eigenvalue weighted by Gasteiger charge is 2.35. The molecule has 3 aliphatic heterocycles. The van der Waals surface area contributed by atoms with Crippen molar-refractivity contribution in [2.24, 2.45) is 15.7 Å². The summed E-state index contributed by atoms with van der Waals surface area (Å²) in [4.78, 5) is 10.6. The number of para-hydroxylation sites is 1. The van der Waals surface area contributed by atoms with Crippen molar-refractivity contribution >= 4 is 23.8 Å². The third-order valence-corrected chi connectivity index (χ3v) is 3.65. The van der Waals surface area contributed by atoms with Crippen LogP contribution in [-0.2, 0) is 0 Å². The van der Waals surface area contributed by atoms with Crippen molar-refractivity contribution in [3.8, 4) is 5.75 Å². The molecule has 7 nitrogen and oxygen atoms in total. The average Bonchev–Trinajstić information content (AvgIpc) is 2.92. The van der Waals surface area contributed by atoms with E-state index in [0.29, 0.717) is 13.3 Å². The molecule has 0 bridgehead atoms. The third-order valence-electron chi connectivity index (χ3n) is 3.65. The fraction of sp³-hybridized carbons (Fsp3) is 0.200. The van der Waals surface area contributed by atoms with Gasteiger partial charge in [0.15, 0.2) is 5.75 Å². The van der Waals surface area contributed by atoms with Crippen LogP contribution in [0.15, 0.2) is 52.7 Å². The Bertz CT molecular complexity index is 695. The van der Waals surface area contributed by atoms with E-state index in [9.17, 15) is 0 Å². The molecule has 2 N–H and O–H groups in total. The number of hydrazine groups is 1. The average molecular weight is 296 g/mol. The summed E-state index contributed by atoms with van der Waals surface area (Å²) in [5, 5.41) is 3.86. The number of nitrogens with two attached hydrogens (primary N) is 1. The molecule has 3 aliphatic rings. The number of rotatable bonds is 2. The molecular formula is C15H16N6O. The van der Waals surface area contributed by atoms with E-state index < -0.39 is 6.35 Å². The van der Waals surface area contributed by atoms with E-state index in [1.807, 2.05) is 52.8 Å². The van der Waals surface area contributed by atoms with Crippen molar-refractivity contribution in [3.63, 3.8) is 0 Å². The van der Waals surface area contributed by atoms with Crippen LogP contribution in [0.3, 0.4) is 0 Å². The van der Waals surface area contributed by atoms with Crippen LogP contribution in [0.5, 0.6) is 5.75 Å². The number of anilines is 2. The summed E-state index contributed by atoms with van der Waals surface area (Å²) < 4.78 is 5.79. The minimum Gasteiger partial charge on any atom is -0.453 e. The molecule has 0 saturated heterocycles. The fourth-order valence-corrected chi connectivity index (χ4v) is 2.71. The van der Waals surface area contributed by atoms with Gasteiger partial charge in [-0.3, -0.25) is 20.7 Å². The number of hydrogen-bond acceptors (Lipinski definition) is 7. The van der Waals surface area contributed by atoms with Crippen LogP contribution >= 0.6 is 0 Å². The first kappa shape index (κ1) is 12.9. The van der Waals surface area contributed by atoms with Crippen molar-refractivity contribution in [3.05, 3.63) is 42.8 Å². The Balaban J connectivity index is 1.76. The van der Waals surface area contributed by atoms with Gasteiger partial charge in [-0.15, -0.1) is 0 Å². The van der Waals surface area contributed by atoms with Crippen LogP contribution < -0.4 is 20.4 Å². The molecule has 1 atom stereocenters. The lowest BCUT2D eigenvalue weighted by atomic mass is 10.2. The second kappa shape index (κ2) is 5.19. The monoisotopic (exact) mass is 296 g/mol. The van der Waals surface area contributed by atoms with Crippen LogP contribution in [-0.4, -0.2) is 37.1 Å². The molecule has 0 aromatic heterocycles. The predicted octanol–water partition coefficient (Wildman–Crippen LogP) is 1.26. The molecular weight excluding hydrogens is 280 g/mol. The molecule has 1 aromatic carbocycles. The van der Waals surface area contributed by atoms with Crippen molar-refractivity contribution in [2.75, 3.05) is 23.2 Å². The fourth-order valence-electron chi connectivity index (χ4n) is 2.71. The van der Waals surface area contributed by atoms with Gasteiger partial charge in [-0.1, -0.05) is 6.07 Å². The molecule has 0 amide bonds. The molecule has 7 heteroatoms. The van der Waals surface area contributed by atoms with E-state index in [1.54, 1.807) is 12.4 Å². The molecule has 0 fully saturated rings. The lowest BCUT2D eigenvalue weighted by molar-refractivity contribution is 0.170. The predicted molar refractivity (Wildman–Crippen MR) is 86.8 cm³/mol. The second-order valence-corrected chi connectivity index (χ2v) is 5.02. The summed E-state index contributed by atoms with van der Waals surface area (Å²) in [7, 11) is 0. The number of nitrogens with zero attached hydrogens (tertiary/aromatic N) is 5. The van der Waals surface area contributed by atoms with Gasteiger partial charge >= 0.3 is 0 Å². The van der Waals surface area contributed by atoms with Gasteiger partial charge in [0.25, 0.3) is 0 Å². The van der Waals surface area contributed by atoms with Gasteiger partial charge < -0.3 is 9.64 Å². The molecule has 0 aliphatic carbocycles. The largest absolute Gasteiger partial charge is 0.453 e. The smallest absolute Gasteiger partial charge is 0.245 e. The SMILES string of the molecule is NC1Oc2cccc(N3C=CC=NC3)c2N1N1C=CC=NC1. The van der Waals surface area contributed by atoms with Gasteiger partial charge in [0.2, 0.25) is 6.35 Å². The number of hydrogen-bond donors (Lipinski definition) is 1. The lowest BCUT2D eigenvalue weighted by Crippen LogP contribution is -2.51. The van der Waals surface area contributed by atoms with Crippen molar-refractivity contribution in [2.45, 2.75) is 6.35 Å². The molecule has 22 heavy (non-hydrogen) atoms. The van der Waals surface area contributed by atoms with Gasteiger partial charge in [-0.25, -0.2) is 5.01 Å². The summed E-state index contributed by atoms with van der Waals surface area (Å²) in [5.41, 5.74) is 8.10. The quantitative estimate of drug-likeness (QED) is 0.890. The Kier molecular flexibility index (Phi) is 3.05. The molecule has 1 aromatic rings. The normalized spacial score (nSPS) is 22.2. The van der Waals surface area contributed by atoms with Gasteiger partial charge in [-0.05, 0) is 24.3 Å². The van der Waals surface area contributed by atoms with Gasteiger partial charge in [0, 0.05) is 24.8 Å². The maximum atomic E-state index is 6.17. The van der Waals surface area contributed by atoms with E-state index in [1.165, 1.54) is 0 Å². The first-order valence-electron chi connectivity index (χ1n) is 7.05. The third kappa shape index (κ3) is 2.03. The molecule has 112 valence electrons. The zero-order valence-corrected chi connectivity index (χ0v) is 11.9. The Labute approximate surface area is 128 Å². The number of benzene rings is 1. The Hall–Kier alpha value is -2.80. The van der Waals surface area contributed by atoms with E-state index in [4.69, 9.17) is 10.5 Å². The van der Waals surface area contributed by atoms with Gasteiger partial charge in [0.05, 0.1) is 5.69 Å². The summed E-state index contributed by atoms with van der Waals surface area (Å²) in [6, 6.07) is 5.92. The number of fused-ring (bicyclic) bond motifs is 1. The highest BCUT2D eigenvalue weighted by molar-refractivity contribution is 5.82. The maximum Gasteiger partial charge on any atom is 0.245 e. The van der Waals surface area contributed by atoms with Crippen molar-refractivity contribution in [1.29, 1.82) is 0 Å². The molecule has 0 radical (unpaired) electrons. The molecule has 1 unspecified atom stereocenters. The van der Waals surface area contributed by atoms with Crippen molar-refractivity contribution in [1.82, 2.24) is 5.01 Å². The second-order valence-electron chi connectivity index (χ2n) is 5.02. The summed E-state index contributed by atoms with van der Waals surface area (Å²) in [5.74, 6) is 0.760. The van der Waals surface area contributed by atoms with Gasteiger partial charge in [-0.2, -0.15) is 0 Å². The molecule has 3 heterocycles. The first-order chi connectivity index (χ1) is 10.8. The first-order valence-corrected chi connectivity index (χ1v) is 7.05. The molecule has 0 spiro atoms. The number of allylic oxidation sites excluding steroid dienone is 2. The summed E-state index contributed by atoms with van der Waals surface area (Å²) >= 11 is 0. The Morgan fingerprint density at radius 3 is 2.64 bits per heavy atom. The molecule has 4 rings (SSSR count). The van der Waals surface area contributed by atoms with Crippen LogP contribution in [0.4, 0.5) is 11.4 Å². The minimum absolute atomic E-state index is 0.509. The standard InChI is InChI=1S/C15H16N6O/c16-15-21(20-9-3-7-18-11-20)14-12(4-1-5-13(14)22-15)19-8-2-6-17-10-19/h1-9,15H,10-11,16H2. The zero-order chi connectivity index (χ0) is 14.9. The van der Waals surface area contributed by atoms with Gasteiger partial charge in [0.1, 0.15) is 19.0 Å². The molecule has 0 saturated carbocycles.